The average molecular weight is 451 g/mol. The predicted molar refractivity (Wildman–Crippen MR) is 137 cm³/mol. The Morgan fingerprint density at radius 2 is 1.76 bits per heavy atom. The van der Waals surface area contributed by atoms with Crippen molar-refractivity contribution in [1.82, 2.24) is 9.88 Å². The first-order chi connectivity index (χ1) is 16.6. The first-order valence-electron chi connectivity index (χ1n) is 12.0. The van der Waals surface area contributed by atoms with Crippen LogP contribution in [0.3, 0.4) is 0 Å². The zero-order valence-corrected chi connectivity index (χ0v) is 19.8. The molecule has 5 rings (SSSR count). The van der Waals surface area contributed by atoms with Crippen molar-refractivity contribution in [3.63, 3.8) is 0 Å². The summed E-state index contributed by atoms with van der Waals surface area (Å²) in [4.78, 5) is 20.0. The Kier molecular flexibility index (Phi) is 6.31. The Morgan fingerprint density at radius 1 is 1.00 bits per heavy atom. The highest BCUT2D eigenvalue weighted by molar-refractivity contribution is 5.97. The Bertz CT molecular complexity index is 1310. The maximum atomic E-state index is 13.4. The van der Waals surface area contributed by atoms with Gasteiger partial charge in [0.25, 0.3) is 5.91 Å². The molecular formula is C30H30N2O2. The minimum atomic E-state index is 0.138. The summed E-state index contributed by atoms with van der Waals surface area (Å²) in [7, 11) is 1.67. The highest BCUT2D eigenvalue weighted by Gasteiger charge is 2.25. The molecule has 4 aromatic rings. The number of piperidine rings is 1. The first-order valence-corrected chi connectivity index (χ1v) is 12.0. The molecule has 0 aliphatic carbocycles. The van der Waals surface area contributed by atoms with Gasteiger partial charge in [0.1, 0.15) is 5.75 Å². The molecular weight excluding hydrogens is 420 g/mol. The quantitative estimate of drug-likeness (QED) is 0.358. The summed E-state index contributed by atoms with van der Waals surface area (Å²) in [6.07, 6.45) is 5.07. The molecule has 1 amide bonds. The van der Waals surface area contributed by atoms with Gasteiger partial charge in [0.15, 0.2) is 0 Å². The second-order valence-electron chi connectivity index (χ2n) is 9.18. The number of para-hydroxylation sites is 1. The number of fused-ring (bicyclic) bond motifs is 1. The van der Waals surface area contributed by atoms with E-state index in [4.69, 9.17) is 4.74 Å². The number of hydrogen-bond donors (Lipinski definition) is 0. The number of aromatic nitrogens is 1. The van der Waals surface area contributed by atoms with Crippen molar-refractivity contribution in [2.75, 3.05) is 20.2 Å². The lowest BCUT2D eigenvalue weighted by molar-refractivity contribution is 0.0690. The Labute approximate surface area is 201 Å². The van der Waals surface area contributed by atoms with Gasteiger partial charge in [-0.25, -0.2) is 0 Å². The van der Waals surface area contributed by atoms with Gasteiger partial charge in [-0.15, -0.1) is 0 Å². The van der Waals surface area contributed by atoms with E-state index in [0.717, 1.165) is 65.9 Å². The molecule has 0 radical (unpaired) electrons. The summed E-state index contributed by atoms with van der Waals surface area (Å²) in [6.45, 7) is 3.65. The van der Waals surface area contributed by atoms with Crippen LogP contribution in [0.1, 0.15) is 34.3 Å². The molecule has 4 nitrogen and oxygen atoms in total. The molecule has 0 bridgehead atoms. The first kappa shape index (κ1) is 22.1. The van der Waals surface area contributed by atoms with E-state index in [0.29, 0.717) is 5.92 Å². The van der Waals surface area contributed by atoms with Crippen LogP contribution in [0.2, 0.25) is 0 Å². The third kappa shape index (κ3) is 4.54. The van der Waals surface area contributed by atoms with E-state index in [2.05, 4.69) is 35.3 Å². The molecule has 1 aromatic heterocycles. The van der Waals surface area contributed by atoms with Crippen molar-refractivity contribution in [1.29, 1.82) is 0 Å². The summed E-state index contributed by atoms with van der Waals surface area (Å²) in [5.41, 5.74) is 6.33. The van der Waals surface area contributed by atoms with Crippen LogP contribution in [0.4, 0.5) is 0 Å². The number of carbonyl (C=O) groups is 1. The summed E-state index contributed by atoms with van der Waals surface area (Å²) in [5, 5.41) is 1.19. The van der Waals surface area contributed by atoms with Gasteiger partial charge in [0.05, 0.1) is 12.6 Å². The van der Waals surface area contributed by atoms with Crippen molar-refractivity contribution in [2.45, 2.75) is 26.2 Å². The maximum Gasteiger partial charge on any atom is 0.254 e. The number of rotatable bonds is 5. The SMILES string of the molecule is COc1ccc(-c2cccc(C(=O)N3CCC(Cc4cnc5ccccc5c4)CC3)c2C)cc1. The molecule has 34 heavy (non-hydrogen) atoms. The summed E-state index contributed by atoms with van der Waals surface area (Å²) in [5.74, 6) is 1.55. The summed E-state index contributed by atoms with van der Waals surface area (Å²) >= 11 is 0. The van der Waals surface area contributed by atoms with Crippen LogP contribution < -0.4 is 4.74 Å². The fraction of sp³-hybridized carbons (Fsp3) is 0.267. The molecule has 1 aliphatic heterocycles. The fourth-order valence-corrected chi connectivity index (χ4v) is 5.02. The third-order valence-electron chi connectivity index (χ3n) is 7.04. The molecule has 0 saturated carbocycles. The van der Waals surface area contributed by atoms with Gasteiger partial charge in [-0.1, -0.05) is 42.5 Å². The lowest BCUT2D eigenvalue weighted by Crippen LogP contribution is -2.39. The van der Waals surface area contributed by atoms with Crippen LogP contribution >= 0.6 is 0 Å². The number of nitrogens with zero attached hydrogens (tertiary/aromatic N) is 2. The lowest BCUT2D eigenvalue weighted by Gasteiger charge is -2.32. The van der Waals surface area contributed by atoms with E-state index in [1.807, 2.05) is 60.5 Å². The predicted octanol–water partition coefficient (Wildman–Crippen LogP) is 6.31. The summed E-state index contributed by atoms with van der Waals surface area (Å²) in [6, 6.07) is 24.5. The topological polar surface area (TPSA) is 42.4 Å². The van der Waals surface area contributed by atoms with E-state index in [1.165, 1.54) is 10.9 Å². The fourth-order valence-electron chi connectivity index (χ4n) is 5.02. The van der Waals surface area contributed by atoms with Gasteiger partial charge in [-0.3, -0.25) is 9.78 Å². The largest absolute Gasteiger partial charge is 0.497 e. The average Bonchev–Trinajstić information content (AvgIpc) is 2.89. The molecule has 3 aromatic carbocycles. The van der Waals surface area contributed by atoms with Crippen molar-refractivity contribution in [2.24, 2.45) is 5.92 Å². The molecule has 0 N–H and O–H groups in total. The second kappa shape index (κ2) is 9.68. The van der Waals surface area contributed by atoms with Gasteiger partial charge in [0.2, 0.25) is 0 Å². The minimum Gasteiger partial charge on any atom is -0.497 e. The molecule has 0 spiro atoms. The van der Waals surface area contributed by atoms with Crippen molar-refractivity contribution >= 4 is 16.8 Å². The molecule has 1 saturated heterocycles. The minimum absolute atomic E-state index is 0.138. The molecule has 2 heterocycles. The Balaban J connectivity index is 1.25. The van der Waals surface area contributed by atoms with Crippen LogP contribution in [-0.2, 0) is 6.42 Å². The second-order valence-corrected chi connectivity index (χ2v) is 9.18. The number of amides is 1. The van der Waals surface area contributed by atoms with Crippen molar-refractivity contribution in [3.05, 3.63) is 95.7 Å². The van der Waals surface area contributed by atoms with E-state index >= 15 is 0 Å². The lowest BCUT2D eigenvalue weighted by atomic mass is 9.89. The number of likely N-dealkylation sites (tertiary alicyclic amines) is 1. The summed E-state index contributed by atoms with van der Waals surface area (Å²) < 4.78 is 5.28. The van der Waals surface area contributed by atoms with E-state index < -0.39 is 0 Å². The van der Waals surface area contributed by atoms with Crippen LogP contribution in [0.25, 0.3) is 22.0 Å². The van der Waals surface area contributed by atoms with Crippen LogP contribution in [0.5, 0.6) is 5.75 Å². The van der Waals surface area contributed by atoms with Gasteiger partial charge >= 0.3 is 0 Å². The monoisotopic (exact) mass is 450 g/mol. The van der Waals surface area contributed by atoms with E-state index in [9.17, 15) is 4.79 Å². The van der Waals surface area contributed by atoms with Gasteiger partial charge in [-0.2, -0.15) is 0 Å². The Morgan fingerprint density at radius 3 is 2.53 bits per heavy atom. The zero-order valence-electron chi connectivity index (χ0n) is 19.8. The van der Waals surface area contributed by atoms with Gasteiger partial charge in [-0.05, 0) is 84.7 Å². The standard InChI is InChI=1S/C30H30N2O2/c1-21-27(24-10-12-26(34-2)13-11-24)7-5-8-28(21)30(33)32-16-14-22(15-17-32)18-23-19-25-6-3-4-9-29(25)31-20-23/h3-13,19-20,22H,14-18H2,1-2H3. The number of pyridine rings is 1. The van der Waals surface area contributed by atoms with E-state index in [-0.39, 0.29) is 5.91 Å². The van der Waals surface area contributed by atoms with Crippen LogP contribution in [0, 0.1) is 12.8 Å². The van der Waals surface area contributed by atoms with Crippen LogP contribution in [0.15, 0.2) is 79.0 Å². The molecule has 1 fully saturated rings. The smallest absolute Gasteiger partial charge is 0.254 e. The Hall–Kier alpha value is -3.66. The zero-order chi connectivity index (χ0) is 23.5. The normalized spacial score (nSPS) is 14.4. The molecule has 4 heteroatoms. The highest BCUT2D eigenvalue weighted by atomic mass is 16.5. The number of ether oxygens (including phenoxy) is 1. The van der Waals surface area contributed by atoms with Gasteiger partial charge < -0.3 is 9.64 Å². The molecule has 172 valence electrons. The number of methoxy groups -OCH3 is 1. The molecule has 0 atom stereocenters. The van der Waals surface area contributed by atoms with Crippen molar-refractivity contribution < 1.29 is 9.53 Å². The maximum absolute atomic E-state index is 13.4. The highest BCUT2D eigenvalue weighted by Crippen LogP contribution is 2.29. The van der Waals surface area contributed by atoms with E-state index in [1.54, 1.807) is 7.11 Å². The number of hydrogen-bond acceptors (Lipinski definition) is 3. The number of carbonyl (C=O) groups excluding carboxylic acids is 1. The van der Waals surface area contributed by atoms with Crippen molar-refractivity contribution in [3.8, 4) is 16.9 Å². The van der Waals surface area contributed by atoms with Crippen LogP contribution in [-0.4, -0.2) is 36.0 Å². The molecule has 0 unspecified atom stereocenters. The van der Waals surface area contributed by atoms with Gasteiger partial charge in [0, 0.05) is 30.2 Å². The number of benzene rings is 3. The third-order valence-corrected chi connectivity index (χ3v) is 7.04. The molecule has 1 aliphatic rings.